The van der Waals surface area contributed by atoms with Crippen molar-refractivity contribution in [2.45, 2.75) is 46.0 Å². The van der Waals surface area contributed by atoms with Crippen LogP contribution in [0.4, 0.5) is 0 Å². The highest BCUT2D eigenvalue weighted by Crippen LogP contribution is 2.24. The Labute approximate surface area is 86.8 Å². The minimum absolute atomic E-state index is 0.447. The molecule has 1 aromatic rings. The third kappa shape index (κ3) is 2.76. The van der Waals surface area contributed by atoms with Gasteiger partial charge in [-0.25, -0.2) is 0 Å². The molecule has 0 aromatic heterocycles. The topological polar surface area (TPSA) is 20.2 Å². The van der Waals surface area contributed by atoms with Gasteiger partial charge in [-0.1, -0.05) is 39.3 Å². The van der Waals surface area contributed by atoms with E-state index in [4.69, 9.17) is 0 Å². The molecule has 0 fully saturated rings. The molecular formula is C13H20O. The smallest absolute Gasteiger partial charge is 0.118 e. The lowest BCUT2D eigenvalue weighted by Crippen LogP contribution is -1.91. The van der Waals surface area contributed by atoms with Gasteiger partial charge in [0.15, 0.2) is 0 Å². The van der Waals surface area contributed by atoms with Crippen LogP contribution in [-0.2, 0) is 6.42 Å². The van der Waals surface area contributed by atoms with Gasteiger partial charge in [0.2, 0.25) is 0 Å². The second-order valence-corrected chi connectivity index (χ2v) is 4.15. The molecule has 0 unspecified atom stereocenters. The second-order valence-electron chi connectivity index (χ2n) is 4.15. The molecule has 0 atom stereocenters. The van der Waals surface area contributed by atoms with Crippen molar-refractivity contribution in [3.8, 4) is 5.75 Å². The van der Waals surface area contributed by atoms with Crippen LogP contribution in [0.3, 0.4) is 0 Å². The summed E-state index contributed by atoms with van der Waals surface area (Å²) in [4.78, 5) is 0. The largest absolute Gasteiger partial charge is 0.508 e. The van der Waals surface area contributed by atoms with Crippen molar-refractivity contribution in [1.82, 2.24) is 0 Å². The molecular weight excluding hydrogens is 172 g/mol. The Morgan fingerprint density at radius 3 is 2.57 bits per heavy atom. The highest BCUT2D eigenvalue weighted by molar-refractivity contribution is 5.37. The standard InChI is InChI=1S/C13H20O/c1-4-5-6-12-9-11(10(2)3)7-8-13(12)14/h7-10,14H,4-6H2,1-3H3. The predicted octanol–water partition coefficient (Wildman–Crippen LogP) is 3.86. The highest BCUT2D eigenvalue weighted by atomic mass is 16.3. The zero-order valence-electron chi connectivity index (χ0n) is 9.38. The molecule has 0 bridgehead atoms. The van der Waals surface area contributed by atoms with Gasteiger partial charge in [-0.2, -0.15) is 0 Å². The second kappa shape index (κ2) is 5.04. The summed E-state index contributed by atoms with van der Waals surface area (Å²) in [6.07, 6.45) is 3.31. The maximum absolute atomic E-state index is 9.64. The average molecular weight is 192 g/mol. The number of aryl methyl sites for hydroxylation is 1. The van der Waals surface area contributed by atoms with Crippen molar-refractivity contribution in [2.75, 3.05) is 0 Å². The van der Waals surface area contributed by atoms with Crippen molar-refractivity contribution in [3.63, 3.8) is 0 Å². The molecule has 14 heavy (non-hydrogen) atoms. The number of benzene rings is 1. The van der Waals surface area contributed by atoms with E-state index in [0.29, 0.717) is 11.7 Å². The van der Waals surface area contributed by atoms with Crippen LogP contribution in [0.15, 0.2) is 18.2 Å². The minimum Gasteiger partial charge on any atom is -0.508 e. The van der Waals surface area contributed by atoms with E-state index in [1.807, 2.05) is 12.1 Å². The lowest BCUT2D eigenvalue weighted by atomic mass is 9.98. The molecule has 1 rings (SSSR count). The van der Waals surface area contributed by atoms with E-state index >= 15 is 0 Å². The van der Waals surface area contributed by atoms with Gasteiger partial charge in [0.25, 0.3) is 0 Å². The summed E-state index contributed by atoms with van der Waals surface area (Å²) in [5, 5.41) is 9.64. The Morgan fingerprint density at radius 2 is 2.00 bits per heavy atom. The van der Waals surface area contributed by atoms with E-state index in [9.17, 15) is 5.11 Å². The van der Waals surface area contributed by atoms with Crippen LogP contribution < -0.4 is 0 Å². The molecule has 0 aliphatic rings. The first-order chi connectivity index (χ1) is 6.65. The maximum atomic E-state index is 9.64. The fourth-order valence-electron chi connectivity index (χ4n) is 1.53. The van der Waals surface area contributed by atoms with E-state index in [1.54, 1.807) is 0 Å². The fourth-order valence-corrected chi connectivity index (χ4v) is 1.53. The first-order valence-electron chi connectivity index (χ1n) is 5.47. The molecule has 1 aromatic carbocycles. The van der Waals surface area contributed by atoms with E-state index in [1.165, 1.54) is 12.0 Å². The predicted molar refractivity (Wildman–Crippen MR) is 60.8 cm³/mol. The summed E-state index contributed by atoms with van der Waals surface area (Å²) in [5.74, 6) is 0.985. The number of hydrogen-bond donors (Lipinski definition) is 1. The quantitative estimate of drug-likeness (QED) is 0.768. The van der Waals surface area contributed by atoms with Gasteiger partial charge >= 0.3 is 0 Å². The molecule has 1 nitrogen and oxygen atoms in total. The van der Waals surface area contributed by atoms with Crippen LogP contribution in [0.5, 0.6) is 5.75 Å². The Kier molecular flexibility index (Phi) is 3.99. The van der Waals surface area contributed by atoms with Crippen LogP contribution in [0, 0.1) is 0 Å². The van der Waals surface area contributed by atoms with Gasteiger partial charge in [0, 0.05) is 0 Å². The molecule has 0 aliphatic heterocycles. The van der Waals surface area contributed by atoms with E-state index in [-0.39, 0.29) is 0 Å². The van der Waals surface area contributed by atoms with Crippen molar-refractivity contribution in [1.29, 1.82) is 0 Å². The summed E-state index contributed by atoms with van der Waals surface area (Å²) in [5.41, 5.74) is 2.41. The molecule has 78 valence electrons. The van der Waals surface area contributed by atoms with Crippen LogP contribution >= 0.6 is 0 Å². The third-order valence-corrected chi connectivity index (χ3v) is 2.57. The summed E-state index contributed by atoms with van der Waals surface area (Å²) in [6.45, 7) is 6.52. The van der Waals surface area contributed by atoms with Gasteiger partial charge in [-0.3, -0.25) is 0 Å². The van der Waals surface area contributed by atoms with Crippen molar-refractivity contribution in [2.24, 2.45) is 0 Å². The van der Waals surface area contributed by atoms with Gasteiger partial charge in [0.1, 0.15) is 5.75 Å². The number of phenolic OH excluding ortho intramolecular Hbond substituents is 1. The monoisotopic (exact) mass is 192 g/mol. The van der Waals surface area contributed by atoms with Crippen molar-refractivity contribution < 1.29 is 5.11 Å². The van der Waals surface area contributed by atoms with Crippen LogP contribution in [-0.4, -0.2) is 5.11 Å². The van der Waals surface area contributed by atoms with Crippen molar-refractivity contribution in [3.05, 3.63) is 29.3 Å². The molecule has 0 saturated carbocycles. The number of aromatic hydroxyl groups is 1. The number of rotatable bonds is 4. The molecule has 0 spiro atoms. The number of hydrogen-bond acceptors (Lipinski definition) is 1. The normalized spacial score (nSPS) is 10.9. The third-order valence-electron chi connectivity index (χ3n) is 2.57. The molecule has 0 heterocycles. The zero-order chi connectivity index (χ0) is 10.6. The Hall–Kier alpha value is -0.980. The van der Waals surface area contributed by atoms with E-state index in [2.05, 4.69) is 26.8 Å². The lowest BCUT2D eigenvalue weighted by Gasteiger charge is -2.09. The van der Waals surface area contributed by atoms with Crippen LogP contribution in [0.25, 0.3) is 0 Å². The SMILES string of the molecule is CCCCc1cc(C(C)C)ccc1O. The van der Waals surface area contributed by atoms with E-state index < -0.39 is 0 Å². The van der Waals surface area contributed by atoms with Gasteiger partial charge in [-0.15, -0.1) is 0 Å². The molecule has 0 aliphatic carbocycles. The fraction of sp³-hybridized carbons (Fsp3) is 0.538. The first kappa shape index (κ1) is 11.1. The summed E-state index contributed by atoms with van der Waals surface area (Å²) >= 11 is 0. The first-order valence-corrected chi connectivity index (χ1v) is 5.47. The number of unbranched alkanes of at least 4 members (excludes halogenated alkanes) is 1. The lowest BCUT2D eigenvalue weighted by molar-refractivity contribution is 0.466. The van der Waals surface area contributed by atoms with Gasteiger partial charge in [-0.05, 0) is 36.0 Å². The highest BCUT2D eigenvalue weighted by Gasteiger charge is 2.04. The Balaban J connectivity index is 2.85. The minimum atomic E-state index is 0.447. The summed E-state index contributed by atoms with van der Waals surface area (Å²) < 4.78 is 0. The van der Waals surface area contributed by atoms with Crippen LogP contribution in [0.1, 0.15) is 50.7 Å². The van der Waals surface area contributed by atoms with Crippen LogP contribution in [0.2, 0.25) is 0 Å². The summed E-state index contributed by atoms with van der Waals surface area (Å²) in [6, 6.07) is 5.96. The molecule has 0 amide bonds. The molecule has 0 radical (unpaired) electrons. The van der Waals surface area contributed by atoms with Gasteiger partial charge in [0.05, 0.1) is 0 Å². The van der Waals surface area contributed by atoms with Gasteiger partial charge < -0.3 is 5.11 Å². The average Bonchev–Trinajstić information content (AvgIpc) is 2.16. The number of phenols is 1. The van der Waals surface area contributed by atoms with E-state index in [0.717, 1.165) is 18.4 Å². The Bertz CT molecular complexity index is 289. The molecule has 1 heteroatoms. The molecule has 0 saturated heterocycles. The molecule has 1 N–H and O–H groups in total. The summed E-state index contributed by atoms with van der Waals surface area (Å²) in [7, 11) is 0. The Morgan fingerprint density at radius 1 is 1.29 bits per heavy atom. The van der Waals surface area contributed by atoms with Crippen molar-refractivity contribution >= 4 is 0 Å². The maximum Gasteiger partial charge on any atom is 0.118 e. The zero-order valence-corrected chi connectivity index (χ0v) is 9.38.